The second kappa shape index (κ2) is 5.22. The SMILES string of the molecule is O=C1C[C@H](c2nc(CCc3ccccc3)no2)CN1. The van der Waals surface area contributed by atoms with Crippen molar-refractivity contribution in [3.05, 3.63) is 47.6 Å². The van der Waals surface area contributed by atoms with E-state index in [0.29, 0.717) is 24.7 Å². The van der Waals surface area contributed by atoms with Crippen molar-refractivity contribution in [3.63, 3.8) is 0 Å². The average molecular weight is 257 g/mol. The molecular weight excluding hydrogens is 242 g/mol. The van der Waals surface area contributed by atoms with Gasteiger partial charge in [0.1, 0.15) is 0 Å². The summed E-state index contributed by atoms with van der Waals surface area (Å²) in [6.07, 6.45) is 2.09. The molecule has 0 unspecified atom stereocenters. The molecule has 1 aromatic carbocycles. The summed E-state index contributed by atoms with van der Waals surface area (Å²) in [5, 5.41) is 6.74. The van der Waals surface area contributed by atoms with Gasteiger partial charge in [0.05, 0.1) is 5.92 Å². The van der Waals surface area contributed by atoms with Crippen LogP contribution >= 0.6 is 0 Å². The van der Waals surface area contributed by atoms with Crippen LogP contribution in [0.3, 0.4) is 0 Å². The van der Waals surface area contributed by atoms with E-state index in [-0.39, 0.29) is 11.8 Å². The molecule has 1 atom stereocenters. The summed E-state index contributed by atoms with van der Waals surface area (Å²) in [5.74, 6) is 1.36. The number of aromatic nitrogens is 2. The lowest BCUT2D eigenvalue weighted by Crippen LogP contribution is -2.13. The molecule has 19 heavy (non-hydrogen) atoms. The number of nitrogens with zero attached hydrogens (tertiary/aromatic N) is 2. The van der Waals surface area contributed by atoms with Gasteiger partial charge in [-0.1, -0.05) is 35.5 Å². The van der Waals surface area contributed by atoms with Crippen molar-refractivity contribution in [1.82, 2.24) is 15.5 Å². The van der Waals surface area contributed by atoms with Crippen molar-refractivity contribution in [2.45, 2.75) is 25.2 Å². The Kier molecular flexibility index (Phi) is 3.27. The number of carbonyl (C=O) groups is 1. The quantitative estimate of drug-likeness (QED) is 0.900. The van der Waals surface area contributed by atoms with Gasteiger partial charge in [0.15, 0.2) is 5.82 Å². The Labute approximate surface area is 111 Å². The minimum Gasteiger partial charge on any atom is -0.355 e. The number of benzene rings is 1. The molecule has 2 heterocycles. The van der Waals surface area contributed by atoms with E-state index >= 15 is 0 Å². The van der Waals surface area contributed by atoms with Crippen LogP contribution in [0.4, 0.5) is 0 Å². The van der Waals surface area contributed by atoms with E-state index in [1.165, 1.54) is 5.56 Å². The van der Waals surface area contributed by atoms with Crippen LogP contribution in [-0.4, -0.2) is 22.6 Å². The van der Waals surface area contributed by atoms with Gasteiger partial charge in [-0.2, -0.15) is 4.98 Å². The summed E-state index contributed by atoms with van der Waals surface area (Å²) in [4.78, 5) is 15.5. The fourth-order valence-corrected chi connectivity index (χ4v) is 2.22. The predicted octanol–water partition coefficient (Wildman–Crippen LogP) is 1.46. The fraction of sp³-hybridized carbons (Fsp3) is 0.357. The first-order valence-corrected chi connectivity index (χ1v) is 6.44. The monoisotopic (exact) mass is 257 g/mol. The van der Waals surface area contributed by atoms with Gasteiger partial charge in [-0.25, -0.2) is 0 Å². The predicted molar refractivity (Wildman–Crippen MR) is 68.5 cm³/mol. The third-order valence-corrected chi connectivity index (χ3v) is 3.29. The van der Waals surface area contributed by atoms with Crippen molar-refractivity contribution in [2.75, 3.05) is 6.54 Å². The van der Waals surface area contributed by atoms with Gasteiger partial charge in [-0.15, -0.1) is 0 Å². The van der Waals surface area contributed by atoms with Crippen LogP contribution in [-0.2, 0) is 17.6 Å². The van der Waals surface area contributed by atoms with Crippen molar-refractivity contribution in [3.8, 4) is 0 Å². The Hall–Kier alpha value is -2.17. The second-order valence-electron chi connectivity index (χ2n) is 4.74. The van der Waals surface area contributed by atoms with Crippen LogP contribution < -0.4 is 5.32 Å². The molecule has 5 nitrogen and oxygen atoms in total. The van der Waals surface area contributed by atoms with Crippen molar-refractivity contribution in [1.29, 1.82) is 0 Å². The highest BCUT2D eigenvalue weighted by Gasteiger charge is 2.27. The Morgan fingerprint density at radius 3 is 2.84 bits per heavy atom. The van der Waals surface area contributed by atoms with E-state index in [1.54, 1.807) is 0 Å². The summed E-state index contributed by atoms with van der Waals surface area (Å²) in [6, 6.07) is 10.2. The van der Waals surface area contributed by atoms with Gasteiger partial charge in [0.2, 0.25) is 11.8 Å². The standard InChI is InChI=1S/C14H15N3O2/c18-13-8-11(9-15-13)14-16-12(17-19-14)7-6-10-4-2-1-3-5-10/h1-5,11H,6-9H2,(H,15,18)/t11-/m0/s1. The van der Waals surface area contributed by atoms with E-state index in [1.807, 2.05) is 18.2 Å². The molecule has 1 aliphatic rings. The lowest BCUT2D eigenvalue weighted by molar-refractivity contribution is -0.119. The first-order valence-electron chi connectivity index (χ1n) is 6.44. The summed E-state index contributed by atoms with van der Waals surface area (Å²) in [7, 11) is 0. The number of aryl methyl sites for hydroxylation is 2. The summed E-state index contributed by atoms with van der Waals surface area (Å²) < 4.78 is 5.23. The third kappa shape index (κ3) is 2.81. The van der Waals surface area contributed by atoms with Crippen LogP contribution in [0.5, 0.6) is 0 Å². The lowest BCUT2D eigenvalue weighted by atomic mass is 10.1. The van der Waals surface area contributed by atoms with E-state index in [2.05, 4.69) is 27.6 Å². The van der Waals surface area contributed by atoms with Gasteiger partial charge >= 0.3 is 0 Å². The Morgan fingerprint density at radius 1 is 1.26 bits per heavy atom. The van der Waals surface area contributed by atoms with Crippen LogP contribution in [0.1, 0.15) is 29.6 Å². The minimum absolute atomic E-state index is 0.0328. The van der Waals surface area contributed by atoms with E-state index < -0.39 is 0 Å². The largest absolute Gasteiger partial charge is 0.355 e. The second-order valence-corrected chi connectivity index (χ2v) is 4.74. The van der Waals surface area contributed by atoms with Gasteiger partial charge < -0.3 is 9.84 Å². The molecule has 3 rings (SSSR count). The third-order valence-electron chi connectivity index (χ3n) is 3.29. The maximum absolute atomic E-state index is 11.1. The van der Waals surface area contributed by atoms with E-state index in [0.717, 1.165) is 12.8 Å². The number of rotatable bonds is 4. The Morgan fingerprint density at radius 2 is 2.11 bits per heavy atom. The fourth-order valence-electron chi connectivity index (χ4n) is 2.22. The molecule has 1 aromatic heterocycles. The average Bonchev–Trinajstić information content (AvgIpc) is 3.06. The molecule has 1 amide bonds. The van der Waals surface area contributed by atoms with Gasteiger partial charge in [-0.05, 0) is 12.0 Å². The molecule has 1 N–H and O–H groups in total. The van der Waals surface area contributed by atoms with Crippen LogP contribution in [0, 0.1) is 0 Å². The summed E-state index contributed by atoms with van der Waals surface area (Å²) in [5.41, 5.74) is 1.26. The lowest BCUT2D eigenvalue weighted by Gasteiger charge is -1.98. The topological polar surface area (TPSA) is 68.0 Å². The Balaban J connectivity index is 1.61. The molecule has 1 saturated heterocycles. The zero-order valence-corrected chi connectivity index (χ0v) is 10.5. The normalized spacial score (nSPS) is 18.5. The van der Waals surface area contributed by atoms with E-state index in [9.17, 15) is 4.79 Å². The van der Waals surface area contributed by atoms with Crippen molar-refractivity contribution in [2.24, 2.45) is 0 Å². The number of nitrogens with one attached hydrogen (secondary N) is 1. The smallest absolute Gasteiger partial charge is 0.232 e. The first kappa shape index (κ1) is 11.9. The Bertz CT molecular complexity index is 565. The number of hydrogen-bond acceptors (Lipinski definition) is 4. The zero-order chi connectivity index (χ0) is 13.1. The van der Waals surface area contributed by atoms with Gasteiger partial charge in [0.25, 0.3) is 0 Å². The van der Waals surface area contributed by atoms with Crippen molar-refractivity contribution < 1.29 is 9.32 Å². The molecular formula is C14H15N3O2. The van der Waals surface area contributed by atoms with Crippen LogP contribution in [0.15, 0.2) is 34.9 Å². The molecule has 0 bridgehead atoms. The molecule has 0 radical (unpaired) electrons. The number of amides is 1. The number of carbonyl (C=O) groups excluding carboxylic acids is 1. The minimum atomic E-state index is 0.0328. The van der Waals surface area contributed by atoms with Gasteiger partial charge in [-0.3, -0.25) is 4.79 Å². The molecule has 1 fully saturated rings. The maximum Gasteiger partial charge on any atom is 0.232 e. The number of hydrogen-bond donors (Lipinski definition) is 1. The molecule has 0 saturated carbocycles. The highest BCUT2D eigenvalue weighted by atomic mass is 16.5. The van der Waals surface area contributed by atoms with Crippen LogP contribution in [0.25, 0.3) is 0 Å². The van der Waals surface area contributed by atoms with E-state index in [4.69, 9.17) is 4.52 Å². The highest BCUT2D eigenvalue weighted by molar-refractivity contribution is 5.79. The molecule has 2 aromatic rings. The highest BCUT2D eigenvalue weighted by Crippen LogP contribution is 2.21. The molecule has 98 valence electrons. The summed E-state index contributed by atoms with van der Waals surface area (Å²) in [6.45, 7) is 0.596. The molecule has 1 aliphatic heterocycles. The maximum atomic E-state index is 11.1. The molecule has 0 aliphatic carbocycles. The zero-order valence-electron chi connectivity index (χ0n) is 10.5. The van der Waals surface area contributed by atoms with Gasteiger partial charge in [0, 0.05) is 19.4 Å². The van der Waals surface area contributed by atoms with Crippen LogP contribution in [0.2, 0.25) is 0 Å². The molecule has 5 heteroatoms. The summed E-state index contributed by atoms with van der Waals surface area (Å²) >= 11 is 0. The van der Waals surface area contributed by atoms with Crippen molar-refractivity contribution >= 4 is 5.91 Å². The molecule has 0 spiro atoms. The first-order chi connectivity index (χ1) is 9.31.